The average Bonchev–Trinajstić information content (AvgIpc) is 3.50. The highest BCUT2D eigenvalue weighted by Gasteiger charge is 2.37. The summed E-state index contributed by atoms with van der Waals surface area (Å²) in [6.45, 7) is 3.95. The van der Waals surface area contributed by atoms with Crippen LogP contribution >= 0.6 is 7.60 Å². The van der Waals surface area contributed by atoms with Crippen LogP contribution in [0.15, 0.2) is 36.4 Å². The van der Waals surface area contributed by atoms with Crippen LogP contribution in [0.2, 0.25) is 0 Å². The summed E-state index contributed by atoms with van der Waals surface area (Å²) in [5, 5.41) is 12.0. The van der Waals surface area contributed by atoms with Gasteiger partial charge in [-0.1, -0.05) is 30.3 Å². The second-order valence-corrected chi connectivity index (χ2v) is 12.2. The van der Waals surface area contributed by atoms with Crippen molar-refractivity contribution in [3.8, 4) is 17.3 Å². The van der Waals surface area contributed by atoms with E-state index in [2.05, 4.69) is 15.3 Å². The molecule has 1 aliphatic heterocycles. The Labute approximate surface area is 245 Å². The number of piperazine rings is 1. The maximum atomic E-state index is 13.7. The normalized spacial score (nSPS) is 16.7. The lowest BCUT2D eigenvalue weighted by atomic mass is 10.2. The Morgan fingerprint density at radius 3 is 2.21 bits per heavy atom. The number of carbonyl (C=O) groups excluding carboxylic acids is 2. The predicted octanol–water partition coefficient (Wildman–Crippen LogP) is 3.65. The van der Waals surface area contributed by atoms with Crippen LogP contribution in [0.25, 0.3) is 11.4 Å². The molecule has 1 saturated heterocycles. The van der Waals surface area contributed by atoms with Gasteiger partial charge >= 0.3 is 13.7 Å². The minimum absolute atomic E-state index is 0.0125. The third-order valence-corrected chi connectivity index (χ3v) is 9.20. The van der Waals surface area contributed by atoms with E-state index in [0.717, 1.165) is 25.7 Å². The number of hydrogen-bond donors (Lipinski definition) is 2. The van der Waals surface area contributed by atoms with Gasteiger partial charge in [0.1, 0.15) is 17.8 Å². The summed E-state index contributed by atoms with van der Waals surface area (Å²) in [5.74, 6) is -0.665. The molecule has 42 heavy (non-hydrogen) atoms. The average molecular weight is 604 g/mol. The molecule has 228 valence electrons. The van der Waals surface area contributed by atoms with E-state index < -0.39 is 37.7 Å². The first-order chi connectivity index (χ1) is 20.2. The van der Waals surface area contributed by atoms with E-state index in [9.17, 15) is 24.1 Å². The fourth-order valence-corrected chi connectivity index (χ4v) is 6.78. The number of ether oxygens (including phenoxy) is 1. The van der Waals surface area contributed by atoms with E-state index in [1.54, 1.807) is 13.8 Å². The molecule has 2 aliphatic rings. The summed E-state index contributed by atoms with van der Waals surface area (Å²) in [7, 11) is -3.77. The largest absolute Gasteiger partial charge is 0.474 e. The minimum Gasteiger partial charge on any atom is -0.474 e. The lowest BCUT2D eigenvalue weighted by molar-refractivity contribution is -0.134. The molecule has 3 amide bonds. The van der Waals surface area contributed by atoms with Crippen molar-refractivity contribution in [3.05, 3.63) is 42.1 Å². The van der Waals surface area contributed by atoms with E-state index >= 15 is 0 Å². The predicted molar refractivity (Wildman–Crippen MR) is 154 cm³/mol. The van der Waals surface area contributed by atoms with Gasteiger partial charge in [-0.25, -0.2) is 9.78 Å². The molecule has 1 aliphatic carbocycles. The summed E-state index contributed by atoms with van der Waals surface area (Å²) in [5.41, 5.74) is 0.664. The van der Waals surface area contributed by atoms with Gasteiger partial charge < -0.3 is 34.0 Å². The Morgan fingerprint density at radius 1 is 1.00 bits per heavy atom. The topological polar surface area (TPSA) is 160 Å². The summed E-state index contributed by atoms with van der Waals surface area (Å²) in [4.78, 5) is 50.3. The highest BCUT2D eigenvalue weighted by Crippen LogP contribution is 2.48. The van der Waals surface area contributed by atoms with Crippen LogP contribution in [-0.2, 0) is 18.4 Å². The molecule has 4 rings (SSSR count). The lowest BCUT2D eigenvalue weighted by Gasteiger charge is -2.35. The fourth-order valence-electron chi connectivity index (χ4n) is 5.01. The van der Waals surface area contributed by atoms with E-state index in [0.29, 0.717) is 11.4 Å². The molecule has 2 heterocycles. The van der Waals surface area contributed by atoms with Gasteiger partial charge in [-0.3, -0.25) is 14.2 Å². The summed E-state index contributed by atoms with van der Waals surface area (Å²) in [6, 6.07) is 9.32. The lowest BCUT2D eigenvalue weighted by Crippen LogP contribution is -2.56. The smallest absolute Gasteiger partial charge is 0.407 e. The zero-order chi connectivity index (χ0) is 30.1. The van der Waals surface area contributed by atoms with Crippen LogP contribution in [0.3, 0.4) is 0 Å². The first kappa shape index (κ1) is 31.4. The Morgan fingerprint density at radius 2 is 1.62 bits per heavy atom. The third-order valence-electron chi connectivity index (χ3n) is 7.08. The highest BCUT2D eigenvalue weighted by atomic mass is 31.2. The molecule has 0 radical (unpaired) electrons. The molecule has 0 bridgehead atoms. The van der Waals surface area contributed by atoms with Gasteiger partial charge in [-0.2, -0.15) is 4.98 Å². The summed E-state index contributed by atoms with van der Waals surface area (Å²) >= 11 is 0. The fraction of sp³-hybridized carbons (Fsp3) is 0.536. The summed E-state index contributed by atoms with van der Waals surface area (Å²) in [6.07, 6.45) is 2.40. The van der Waals surface area contributed by atoms with Crippen LogP contribution in [0, 0.1) is 0 Å². The Kier molecular flexibility index (Phi) is 10.9. The van der Waals surface area contributed by atoms with E-state index in [1.807, 2.05) is 30.3 Å². The van der Waals surface area contributed by atoms with Gasteiger partial charge in [0.25, 0.3) is 5.91 Å². The highest BCUT2D eigenvalue weighted by molar-refractivity contribution is 7.54. The second-order valence-electron chi connectivity index (χ2n) is 10.1. The Balaban J connectivity index is 1.62. The van der Waals surface area contributed by atoms with E-state index in [4.69, 9.17) is 13.8 Å². The number of aromatic nitrogens is 2. The number of nitrogens with one attached hydrogen (secondary N) is 1. The zero-order valence-electron chi connectivity index (χ0n) is 23.9. The number of hydrogen-bond acceptors (Lipinski definition) is 9. The Hall–Kier alpha value is -3.54. The number of rotatable bonds is 12. The standard InChI is InChI=1S/C28H38N5O8P/c1-3-39-42(38,40-4-2)19-23(27(35)32-14-16-33(17-15-32)28(36)37)30-26(34)22-18-24(41-21-12-8-9-13-21)31-25(29-22)20-10-6-5-7-11-20/h5-7,10-11,18,21,23H,3-4,8-9,12-17,19H2,1-2H3,(H,30,34)(H,36,37)/t23-/m0/s1. The molecular formula is C28H38N5O8P. The molecule has 14 heteroatoms. The maximum Gasteiger partial charge on any atom is 0.407 e. The van der Waals surface area contributed by atoms with E-state index in [1.165, 1.54) is 15.9 Å². The van der Waals surface area contributed by atoms with Gasteiger partial charge in [-0.15, -0.1) is 0 Å². The van der Waals surface area contributed by atoms with Crippen molar-refractivity contribution < 1.29 is 37.8 Å². The molecule has 2 aromatic rings. The maximum absolute atomic E-state index is 13.7. The monoisotopic (exact) mass is 603 g/mol. The van der Waals surface area contributed by atoms with Crippen molar-refractivity contribution in [2.75, 3.05) is 45.6 Å². The molecule has 1 aromatic heterocycles. The molecule has 13 nitrogen and oxygen atoms in total. The molecule has 0 unspecified atom stereocenters. The molecule has 2 N–H and O–H groups in total. The third kappa shape index (κ3) is 8.27. The van der Waals surface area contributed by atoms with Crippen LogP contribution < -0.4 is 10.1 Å². The number of nitrogens with zero attached hydrogens (tertiary/aromatic N) is 4. The van der Waals surface area contributed by atoms with Gasteiger partial charge in [0.15, 0.2) is 5.82 Å². The molecule has 2 fully saturated rings. The van der Waals surface area contributed by atoms with Crippen molar-refractivity contribution in [1.29, 1.82) is 0 Å². The van der Waals surface area contributed by atoms with Gasteiger partial charge in [-0.05, 0) is 39.5 Å². The molecule has 0 spiro atoms. The van der Waals surface area contributed by atoms with Crippen molar-refractivity contribution in [3.63, 3.8) is 0 Å². The first-order valence-electron chi connectivity index (χ1n) is 14.3. The summed E-state index contributed by atoms with van der Waals surface area (Å²) < 4.78 is 30.4. The van der Waals surface area contributed by atoms with Crippen molar-refractivity contribution in [2.24, 2.45) is 0 Å². The first-order valence-corrected chi connectivity index (χ1v) is 16.0. The van der Waals surface area contributed by atoms with Crippen molar-refractivity contribution >= 4 is 25.5 Å². The molecule has 1 atom stereocenters. The zero-order valence-corrected chi connectivity index (χ0v) is 24.8. The Bertz CT molecular complexity index is 1270. The van der Waals surface area contributed by atoms with Crippen LogP contribution in [0.1, 0.15) is 50.0 Å². The minimum atomic E-state index is -3.77. The number of benzene rings is 1. The molecular weight excluding hydrogens is 565 g/mol. The van der Waals surface area contributed by atoms with Crippen LogP contribution in [0.4, 0.5) is 4.79 Å². The molecule has 1 aromatic carbocycles. The van der Waals surface area contributed by atoms with Gasteiger partial charge in [0.05, 0.1) is 19.4 Å². The SMILES string of the molecule is CCOP(=O)(C[C@H](NC(=O)c1cc(OC2CCCC2)nc(-c2ccccc2)n1)C(=O)N1CCN(C(=O)O)CC1)OCC. The number of carbonyl (C=O) groups is 3. The quantitative estimate of drug-likeness (QED) is 0.343. The van der Waals surface area contributed by atoms with E-state index in [-0.39, 0.29) is 57.1 Å². The van der Waals surface area contributed by atoms with Crippen LogP contribution in [0.5, 0.6) is 5.88 Å². The number of carboxylic acid groups (broad SMARTS) is 1. The number of amides is 3. The molecule has 1 saturated carbocycles. The van der Waals surface area contributed by atoms with Crippen molar-refractivity contribution in [1.82, 2.24) is 25.1 Å². The van der Waals surface area contributed by atoms with Gasteiger partial charge in [0, 0.05) is 37.8 Å². The van der Waals surface area contributed by atoms with Crippen molar-refractivity contribution in [2.45, 2.75) is 51.7 Å². The second kappa shape index (κ2) is 14.6. The van der Waals surface area contributed by atoms with Crippen LogP contribution in [-0.4, -0.2) is 100 Å². The van der Waals surface area contributed by atoms with Gasteiger partial charge in [0.2, 0.25) is 11.8 Å².